The van der Waals surface area contributed by atoms with Crippen molar-refractivity contribution in [2.75, 3.05) is 0 Å². The van der Waals surface area contributed by atoms with Gasteiger partial charge in [0.05, 0.1) is 0 Å². The number of hydrogen-bond donors (Lipinski definition) is 0. The first-order valence-electron chi connectivity index (χ1n) is 15.9. The fourth-order valence-electron chi connectivity index (χ4n) is 8.61. The third-order valence-electron chi connectivity index (χ3n) is 10.6. The molecule has 0 unspecified atom stereocenters. The topological polar surface area (TPSA) is 0 Å². The number of hydrogen-bond acceptors (Lipinski definition) is 0. The summed E-state index contributed by atoms with van der Waals surface area (Å²) in [6.07, 6.45) is 0. The van der Waals surface area contributed by atoms with Crippen molar-refractivity contribution >= 4 is 53.9 Å². The summed E-state index contributed by atoms with van der Waals surface area (Å²) in [4.78, 5) is 0. The van der Waals surface area contributed by atoms with Gasteiger partial charge in [0.15, 0.2) is 0 Å². The van der Waals surface area contributed by atoms with Crippen LogP contribution in [0.2, 0.25) is 0 Å². The first kappa shape index (κ1) is 24.9. The molecule has 0 aromatic heterocycles. The van der Waals surface area contributed by atoms with Gasteiger partial charge in [-0.15, -0.1) is 0 Å². The van der Waals surface area contributed by atoms with E-state index in [1.165, 1.54) is 98.4 Å². The Morgan fingerprint density at radius 1 is 0.378 bits per heavy atom. The van der Waals surface area contributed by atoms with E-state index in [2.05, 4.69) is 159 Å². The maximum absolute atomic E-state index is 2.41. The Morgan fingerprint density at radius 2 is 0.956 bits per heavy atom. The lowest BCUT2D eigenvalue weighted by atomic mass is 9.79. The van der Waals surface area contributed by atoms with Crippen molar-refractivity contribution in [3.05, 3.63) is 157 Å². The van der Waals surface area contributed by atoms with Gasteiger partial charge in [-0.3, -0.25) is 0 Å². The summed E-state index contributed by atoms with van der Waals surface area (Å²) in [5.74, 6) is 0. The highest BCUT2D eigenvalue weighted by Gasteiger charge is 2.39. The van der Waals surface area contributed by atoms with Gasteiger partial charge in [0.25, 0.3) is 0 Å². The number of benzene rings is 9. The molecule has 0 aliphatic heterocycles. The molecule has 0 fully saturated rings. The predicted octanol–water partition coefficient (Wildman–Crippen LogP) is 12.5. The highest BCUT2D eigenvalue weighted by molar-refractivity contribution is 6.25. The van der Waals surface area contributed by atoms with Gasteiger partial charge >= 0.3 is 0 Å². The first-order chi connectivity index (χ1) is 22.1. The van der Waals surface area contributed by atoms with Gasteiger partial charge in [-0.1, -0.05) is 153 Å². The molecule has 0 amide bonds. The molecule has 0 spiro atoms. The smallest absolute Gasteiger partial charge is 0.0165 e. The average molecular weight is 571 g/mol. The minimum Gasteiger partial charge on any atom is -0.0616 e. The molecule has 210 valence electrons. The molecule has 10 rings (SSSR count). The lowest BCUT2D eigenvalue weighted by Crippen LogP contribution is -2.15. The van der Waals surface area contributed by atoms with Crippen LogP contribution in [0.15, 0.2) is 146 Å². The van der Waals surface area contributed by atoms with Gasteiger partial charge in [-0.05, 0) is 104 Å². The Morgan fingerprint density at radius 3 is 1.73 bits per heavy atom. The van der Waals surface area contributed by atoms with E-state index in [4.69, 9.17) is 0 Å². The van der Waals surface area contributed by atoms with Crippen LogP contribution in [0.4, 0.5) is 0 Å². The quantitative estimate of drug-likeness (QED) is 0.181. The van der Waals surface area contributed by atoms with Crippen molar-refractivity contribution in [1.82, 2.24) is 0 Å². The van der Waals surface area contributed by atoms with Crippen LogP contribution >= 0.6 is 0 Å². The predicted molar refractivity (Wildman–Crippen MR) is 194 cm³/mol. The van der Waals surface area contributed by atoms with Crippen molar-refractivity contribution in [3.8, 4) is 33.4 Å². The summed E-state index contributed by atoms with van der Waals surface area (Å²) >= 11 is 0. The zero-order chi connectivity index (χ0) is 29.9. The molecule has 45 heavy (non-hydrogen) atoms. The van der Waals surface area contributed by atoms with Crippen molar-refractivity contribution in [3.63, 3.8) is 0 Å². The summed E-state index contributed by atoms with van der Waals surface area (Å²) in [5.41, 5.74) is 10.6. The molecule has 0 atom stereocenters. The molecule has 1 aliphatic rings. The van der Waals surface area contributed by atoms with E-state index in [1.807, 2.05) is 0 Å². The van der Waals surface area contributed by atoms with Crippen LogP contribution in [0, 0.1) is 0 Å². The van der Waals surface area contributed by atoms with Crippen molar-refractivity contribution in [1.29, 1.82) is 0 Å². The summed E-state index contributed by atoms with van der Waals surface area (Å²) in [5, 5.41) is 13.3. The molecule has 0 saturated carbocycles. The van der Waals surface area contributed by atoms with Crippen molar-refractivity contribution in [2.24, 2.45) is 0 Å². The van der Waals surface area contributed by atoms with Gasteiger partial charge in [-0.2, -0.15) is 0 Å². The van der Waals surface area contributed by atoms with E-state index in [-0.39, 0.29) is 5.41 Å². The third-order valence-corrected chi connectivity index (χ3v) is 10.6. The van der Waals surface area contributed by atoms with Gasteiger partial charge < -0.3 is 0 Å². The molecule has 9 aromatic rings. The molecule has 0 nitrogen and oxygen atoms in total. The lowest BCUT2D eigenvalue weighted by molar-refractivity contribution is 0.666. The maximum Gasteiger partial charge on any atom is 0.0165 e. The molecule has 0 radical (unpaired) electrons. The van der Waals surface area contributed by atoms with Gasteiger partial charge in [-0.25, -0.2) is 0 Å². The maximum atomic E-state index is 2.41. The van der Waals surface area contributed by atoms with Crippen LogP contribution < -0.4 is 0 Å². The first-order valence-corrected chi connectivity index (χ1v) is 15.9. The van der Waals surface area contributed by atoms with Crippen LogP contribution in [0.5, 0.6) is 0 Å². The molecule has 0 bridgehead atoms. The van der Waals surface area contributed by atoms with Gasteiger partial charge in [0, 0.05) is 5.41 Å². The zero-order valence-corrected chi connectivity index (χ0v) is 25.4. The molecule has 0 N–H and O–H groups in total. The normalized spacial score (nSPS) is 13.7. The lowest BCUT2D eigenvalue weighted by Gasteiger charge is -2.24. The highest BCUT2D eigenvalue weighted by Crippen LogP contribution is 2.57. The minimum atomic E-state index is -0.117. The average Bonchev–Trinajstić information content (AvgIpc) is 3.34. The largest absolute Gasteiger partial charge is 0.0616 e. The van der Waals surface area contributed by atoms with E-state index < -0.39 is 0 Å². The SMILES string of the molecule is CC1(C)c2cccc(-c3cccc(-c4ccc5ccc6cccc7ccc4c5c67)c3)c2-c2c1c1ccccc1c1ccccc21. The standard InChI is InChI=1S/C45H30/c1-45(2)39-19-9-18-33(42(39)43-36-16-5-3-14-34(36)35-15-4-6-17-38(35)44(43)45)31-13-8-12-30(26-31)32-24-22-29-21-20-27-10-7-11-28-23-25-37(32)41(29)40(27)28/h3-26H,1-2H3. The summed E-state index contributed by atoms with van der Waals surface area (Å²) < 4.78 is 0. The van der Waals surface area contributed by atoms with E-state index in [0.717, 1.165) is 0 Å². The fraction of sp³-hybridized carbons (Fsp3) is 0.0667. The minimum absolute atomic E-state index is 0.117. The van der Waals surface area contributed by atoms with E-state index in [9.17, 15) is 0 Å². The molecule has 1 aliphatic carbocycles. The molecule has 0 saturated heterocycles. The fourth-order valence-corrected chi connectivity index (χ4v) is 8.61. The summed E-state index contributed by atoms with van der Waals surface area (Å²) in [7, 11) is 0. The molecular weight excluding hydrogens is 540 g/mol. The monoisotopic (exact) mass is 570 g/mol. The molecular formula is C45H30. The number of fused-ring (bicyclic) bond motifs is 8. The van der Waals surface area contributed by atoms with E-state index in [1.54, 1.807) is 0 Å². The molecule has 0 heterocycles. The Hall–Kier alpha value is -5.46. The van der Waals surface area contributed by atoms with Gasteiger partial charge in [0.1, 0.15) is 0 Å². The van der Waals surface area contributed by atoms with Crippen LogP contribution in [-0.2, 0) is 5.41 Å². The van der Waals surface area contributed by atoms with Crippen LogP contribution in [0.1, 0.15) is 25.0 Å². The second kappa shape index (κ2) is 8.80. The zero-order valence-electron chi connectivity index (χ0n) is 25.4. The third kappa shape index (κ3) is 3.27. The molecule has 0 heteroatoms. The van der Waals surface area contributed by atoms with Crippen LogP contribution in [0.25, 0.3) is 87.2 Å². The number of rotatable bonds is 2. The van der Waals surface area contributed by atoms with Crippen molar-refractivity contribution < 1.29 is 0 Å². The summed E-state index contributed by atoms with van der Waals surface area (Å²) in [6, 6.07) is 54.5. The Kier molecular flexibility index (Phi) is 4.88. The molecule has 9 aromatic carbocycles. The van der Waals surface area contributed by atoms with Crippen LogP contribution in [-0.4, -0.2) is 0 Å². The summed E-state index contributed by atoms with van der Waals surface area (Å²) in [6.45, 7) is 4.81. The second-order valence-electron chi connectivity index (χ2n) is 13.2. The van der Waals surface area contributed by atoms with E-state index in [0.29, 0.717) is 0 Å². The Labute approximate surface area is 262 Å². The Bertz CT molecular complexity index is 2650. The van der Waals surface area contributed by atoms with E-state index >= 15 is 0 Å². The van der Waals surface area contributed by atoms with Gasteiger partial charge in [0.2, 0.25) is 0 Å². The Balaban J connectivity index is 1.24. The second-order valence-corrected chi connectivity index (χ2v) is 13.2. The van der Waals surface area contributed by atoms with Crippen LogP contribution in [0.3, 0.4) is 0 Å². The van der Waals surface area contributed by atoms with Crippen molar-refractivity contribution in [2.45, 2.75) is 19.3 Å². The highest BCUT2D eigenvalue weighted by atomic mass is 14.4.